The maximum absolute atomic E-state index is 12.9. The van der Waals surface area contributed by atoms with E-state index in [1.807, 2.05) is 18.2 Å². The lowest BCUT2D eigenvalue weighted by molar-refractivity contribution is 0.0949. The van der Waals surface area contributed by atoms with Gasteiger partial charge in [0.25, 0.3) is 5.91 Å². The molecule has 4 nitrogen and oxygen atoms in total. The van der Waals surface area contributed by atoms with Crippen LogP contribution >= 0.6 is 0 Å². The van der Waals surface area contributed by atoms with Crippen molar-refractivity contribution in [2.24, 2.45) is 5.92 Å². The van der Waals surface area contributed by atoms with Crippen LogP contribution in [-0.4, -0.2) is 26.1 Å². The van der Waals surface area contributed by atoms with E-state index in [-0.39, 0.29) is 5.91 Å². The molecule has 4 heteroatoms. The number of ether oxygens (including phenoxy) is 1. The van der Waals surface area contributed by atoms with Crippen molar-refractivity contribution in [2.45, 2.75) is 38.6 Å². The van der Waals surface area contributed by atoms with Gasteiger partial charge in [0.05, 0.1) is 7.11 Å². The maximum Gasteiger partial charge on any atom is 0.251 e. The van der Waals surface area contributed by atoms with Crippen LogP contribution in [0.25, 0.3) is 0 Å². The third-order valence-electron chi connectivity index (χ3n) is 5.87. The molecule has 27 heavy (non-hydrogen) atoms. The van der Waals surface area contributed by atoms with Gasteiger partial charge in [0.15, 0.2) is 0 Å². The predicted molar refractivity (Wildman–Crippen MR) is 107 cm³/mol. The highest BCUT2D eigenvalue weighted by atomic mass is 16.5. The summed E-state index contributed by atoms with van der Waals surface area (Å²) in [5, 5.41) is 6.52. The molecule has 0 spiro atoms. The minimum Gasteiger partial charge on any atom is -0.496 e. The highest BCUT2D eigenvalue weighted by molar-refractivity contribution is 5.95. The SMILES string of the molecule is COc1cc2c(cc1CNC(=O)c1ccccc1CC1CCNC1)CCC2. The summed E-state index contributed by atoms with van der Waals surface area (Å²) >= 11 is 0. The van der Waals surface area contributed by atoms with Gasteiger partial charge in [-0.05, 0) is 79.9 Å². The van der Waals surface area contributed by atoms with Crippen molar-refractivity contribution in [1.82, 2.24) is 10.6 Å². The molecule has 0 radical (unpaired) electrons. The minimum absolute atomic E-state index is 0.000826. The highest BCUT2D eigenvalue weighted by Gasteiger charge is 2.19. The first-order valence-corrected chi connectivity index (χ1v) is 10.00. The van der Waals surface area contributed by atoms with Crippen molar-refractivity contribution in [3.05, 3.63) is 64.2 Å². The second kappa shape index (κ2) is 8.13. The molecule has 1 atom stereocenters. The molecule has 2 N–H and O–H groups in total. The van der Waals surface area contributed by atoms with E-state index < -0.39 is 0 Å². The van der Waals surface area contributed by atoms with Crippen LogP contribution in [0.3, 0.4) is 0 Å². The molecule has 0 saturated carbocycles. The number of fused-ring (bicyclic) bond motifs is 1. The Kier molecular flexibility index (Phi) is 5.44. The molecule has 1 amide bonds. The molecule has 1 fully saturated rings. The average Bonchev–Trinajstić information content (AvgIpc) is 3.37. The van der Waals surface area contributed by atoms with Gasteiger partial charge in [0, 0.05) is 17.7 Å². The smallest absolute Gasteiger partial charge is 0.251 e. The molecule has 4 rings (SSSR count). The molecule has 1 aliphatic carbocycles. The molecule has 2 aromatic rings. The lowest BCUT2D eigenvalue weighted by Crippen LogP contribution is -2.25. The zero-order chi connectivity index (χ0) is 18.6. The number of nitrogens with one attached hydrogen (secondary N) is 2. The number of hydrogen-bond acceptors (Lipinski definition) is 3. The van der Waals surface area contributed by atoms with E-state index in [9.17, 15) is 4.79 Å². The Bertz CT molecular complexity index is 825. The van der Waals surface area contributed by atoms with Gasteiger partial charge in [0.1, 0.15) is 5.75 Å². The monoisotopic (exact) mass is 364 g/mol. The van der Waals surface area contributed by atoms with Crippen molar-refractivity contribution < 1.29 is 9.53 Å². The number of carbonyl (C=O) groups excluding carboxylic acids is 1. The lowest BCUT2D eigenvalue weighted by Gasteiger charge is -2.15. The standard InChI is InChI=1S/C23H28N2O2/c1-27-22-13-18-7-4-6-17(18)12-20(22)15-25-23(26)21-8-3-2-5-19(21)11-16-9-10-24-14-16/h2-3,5,8,12-13,16,24H,4,6-7,9-11,14-15H2,1H3,(H,25,26). The van der Waals surface area contributed by atoms with Gasteiger partial charge >= 0.3 is 0 Å². The largest absolute Gasteiger partial charge is 0.496 e. The van der Waals surface area contributed by atoms with Crippen LogP contribution in [0.2, 0.25) is 0 Å². The third kappa shape index (κ3) is 4.01. The molecule has 1 aliphatic heterocycles. The summed E-state index contributed by atoms with van der Waals surface area (Å²) in [6.07, 6.45) is 5.60. The van der Waals surface area contributed by atoms with Crippen LogP contribution in [-0.2, 0) is 25.8 Å². The van der Waals surface area contributed by atoms with Crippen LogP contribution < -0.4 is 15.4 Å². The first-order valence-electron chi connectivity index (χ1n) is 10.00. The van der Waals surface area contributed by atoms with E-state index in [1.165, 1.54) is 24.0 Å². The van der Waals surface area contributed by atoms with Crippen molar-refractivity contribution in [2.75, 3.05) is 20.2 Å². The zero-order valence-corrected chi connectivity index (χ0v) is 16.0. The molecular formula is C23H28N2O2. The van der Waals surface area contributed by atoms with Crippen LogP contribution in [0.15, 0.2) is 36.4 Å². The average molecular weight is 364 g/mol. The van der Waals surface area contributed by atoms with Crippen LogP contribution in [0.5, 0.6) is 5.75 Å². The maximum atomic E-state index is 12.9. The first-order chi connectivity index (χ1) is 13.2. The Labute approximate surface area is 161 Å². The molecule has 2 aromatic carbocycles. The third-order valence-corrected chi connectivity index (χ3v) is 5.87. The van der Waals surface area contributed by atoms with E-state index in [1.54, 1.807) is 7.11 Å². The number of aryl methyl sites for hydroxylation is 2. The quantitative estimate of drug-likeness (QED) is 0.827. The number of amides is 1. The summed E-state index contributed by atoms with van der Waals surface area (Å²) in [7, 11) is 1.70. The molecule has 1 unspecified atom stereocenters. The molecule has 142 valence electrons. The minimum atomic E-state index is -0.000826. The van der Waals surface area contributed by atoms with E-state index in [0.29, 0.717) is 12.5 Å². The van der Waals surface area contributed by atoms with E-state index in [2.05, 4.69) is 28.8 Å². The molecule has 1 saturated heterocycles. The Morgan fingerprint density at radius 2 is 2.00 bits per heavy atom. The van der Waals surface area contributed by atoms with Gasteiger partial charge in [-0.15, -0.1) is 0 Å². The van der Waals surface area contributed by atoms with Gasteiger partial charge < -0.3 is 15.4 Å². The first kappa shape index (κ1) is 18.1. The number of benzene rings is 2. The molecule has 0 aromatic heterocycles. The second-order valence-electron chi connectivity index (χ2n) is 7.69. The predicted octanol–water partition coefficient (Wildman–Crippen LogP) is 3.27. The summed E-state index contributed by atoms with van der Waals surface area (Å²) < 4.78 is 5.56. The Morgan fingerprint density at radius 3 is 2.78 bits per heavy atom. The number of rotatable bonds is 6. The van der Waals surface area contributed by atoms with Gasteiger partial charge in [-0.2, -0.15) is 0 Å². The van der Waals surface area contributed by atoms with E-state index in [4.69, 9.17) is 4.74 Å². The van der Waals surface area contributed by atoms with Crippen LogP contribution in [0.1, 0.15) is 45.5 Å². The topological polar surface area (TPSA) is 50.4 Å². The fourth-order valence-electron chi connectivity index (χ4n) is 4.37. The summed E-state index contributed by atoms with van der Waals surface area (Å²) in [6, 6.07) is 12.3. The van der Waals surface area contributed by atoms with Crippen LogP contribution in [0, 0.1) is 5.92 Å². The summed E-state index contributed by atoms with van der Waals surface area (Å²) in [5.74, 6) is 1.50. The van der Waals surface area contributed by atoms with Gasteiger partial charge in [0.2, 0.25) is 0 Å². The van der Waals surface area contributed by atoms with Crippen molar-refractivity contribution >= 4 is 5.91 Å². The van der Waals surface area contributed by atoms with E-state index >= 15 is 0 Å². The number of hydrogen-bond donors (Lipinski definition) is 2. The van der Waals surface area contributed by atoms with Gasteiger partial charge in [-0.25, -0.2) is 0 Å². The Balaban J connectivity index is 1.47. The summed E-state index contributed by atoms with van der Waals surface area (Å²) in [6.45, 7) is 2.62. The molecular weight excluding hydrogens is 336 g/mol. The molecule has 2 aliphatic rings. The zero-order valence-electron chi connectivity index (χ0n) is 16.0. The van der Waals surface area contributed by atoms with Crippen LogP contribution in [0.4, 0.5) is 0 Å². The molecule has 0 bridgehead atoms. The fourth-order valence-corrected chi connectivity index (χ4v) is 4.37. The summed E-state index contributed by atoms with van der Waals surface area (Å²) in [5.41, 5.74) is 5.78. The van der Waals surface area contributed by atoms with Gasteiger partial charge in [-0.3, -0.25) is 4.79 Å². The van der Waals surface area contributed by atoms with E-state index in [0.717, 1.165) is 54.8 Å². The Hall–Kier alpha value is -2.33. The summed E-state index contributed by atoms with van der Waals surface area (Å²) in [4.78, 5) is 12.9. The number of methoxy groups -OCH3 is 1. The number of carbonyl (C=O) groups is 1. The van der Waals surface area contributed by atoms with Crippen molar-refractivity contribution in [3.8, 4) is 5.75 Å². The lowest BCUT2D eigenvalue weighted by atomic mass is 9.94. The normalized spacial score (nSPS) is 18.3. The molecule has 1 heterocycles. The fraction of sp³-hybridized carbons (Fsp3) is 0.435. The van der Waals surface area contributed by atoms with Gasteiger partial charge in [-0.1, -0.05) is 24.3 Å². The second-order valence-corrected chi connectivity index (χ2v) is 7.69. The van der Waals surface area contributed by atoms with Crippen molar-refractivity contribution in [1.29, 1.82) is 0 Å². The highest BCUT2D eigenvalue weighted by Crippen LogP contribution is 2.30. The Morgan fingerprint density at radius 1 is 1.19 bits per heavy atom. The van der Waals surface area contributed by atoms with Crippen molar-refractivity contribution in [3.63, 3.8) is 0 Å².